The third-order valence-corrected chi connectivity index (χ3v) is 5.88. The molecule has 0 saturated carbocycles. The van der Waals surface area contributed by atoms with E-state index < -0.39 is 5.82 Å². The van der Waals surface area contributed by atoms with Gasteiger partial charge in [0.05, 0.1) is 40.8 Å². The average molecular weight is 490 g/mol. The lowest BCUT2D eigenvalue weighted by molar-refractivity contribution is 0.628. The molecule has 37 heavy (non-hydrogen) atoms. The Morgan fingerprint density at radius 3 is 2.27 bits per heavy atom. The number of nitriles is 2. The number of halogens is 1. The quantitative estimate of drug-likeness (QED) is 0.351. The molecule has 0 amide bonds. The number of benzene rings is 3. The summed E-state index contributed by atoms with van der Waals surface area (Å²) < 4.78 is 17.0. The molecule has 0 aliphatic rings. The van der Waals surface area contributed by atoms with Crippen LogP contribution in [0.15, 0.2) is 73.4 Å². The molecule has 0 N–H and O–H groups in total. The molecular formula is C27H20FN9. The van der Waals surface area contributed by atoms with Gasteiger partial charge in [-0.15, -0.1) is 5.10 Å². The zero-order chi connectivity index (χ0) is 25.9. The zero-order valence-corrected chi connectivity index (χ0v) is 20.0. The molecule has 3 aromatic carbocycles. The Morgan fingerprint density at radius 2 is 1.65 bits per heavy atom. The van der Waals surface area contributed by atoms with Gasteiger partial charge in [-0.1, -0.05) is 47.7 Å². The molecule has 2 heterocycles. The first-order valence-corrected chi connectivity index (χ1v) is 11.3. The van der Waals surface area contributed by atoms with E-state index in [0.717, 1.165) is 5.56 Å². The van der Waals surface area contributed by atoms with Gasteiger partial charge in [0.15, 0.2) is 0 Å². The SMILES string of the molecule is CN(C)c1c(C#N)c(-c2ccc(F)cc2)c(-n2cncn2)c(-c2cn(Cc3ccccc3)nn2)c1C#N. The van der Waals surface area contributed by atoms with Crippen molar-refractivity contribution < 1.29 is 4.39 Å². The lowest BCUT2D eigenvalue weighted by Crippen LogP contribution is -2.16. The standard InChI is InChI=1S/C27H20FN9/c1-35(2)26-21(12-29)24(19-8-10-20(28)11-9-19)27(37-17-31-16-32-37)25(22(26)13-30)23-15-36(34-33-23)14-18-6-4-3-5-7-18/h3-11,15-17H,14H2,1-2H3. The minimum absolute atomic E-state index is 0.240. The maximum atomic E-state index is 13.8. The van der Waals surface area contributed by atoms with E-state index in [2.05, 4.69) is 32.5 Å². The van der Waals surface area contributed by atoms with Crippen molar-refractivity contribution in [1.29, 1.82) is 10.5 Å². The van der Waals surface area contributed by atoms with E-state index >= 15 is 0 Å². The summed E-state index contributed by atoms with van der Waals surface area (Å²) in [6.07, 6.45) is 4.60. The second kappa shape index (κ2) is 9.72. The smallest absolute Gasteiger partial charge is 0.138 e. The van der Waals surface area contributed by atoms with Crippen molar-refractivity contribution in [2.24, 2.45) is 0 Å². The number of anilines is 1. The third-order valence-electron chi connectivity index (χ3n) is 5.88. The molecule has 0 radical (unpaired) electrons. The van der Waals surface area contributed by atoms with Crippen molar-refractivity contribution in [2.75, 3.05) is 19.0 Å². The van der Waals surface area contributed by atoms with Gasteiger partial charge in [0, 0.05) is 19.7 Å². The lowest BCUT2D eigenvalue weighted by Gasteiger charge is -2.24. The minimum Gasteiger partial charge on any atom is -0.375 e. The summed E-state index contributed by atoms with van der Waals surface area (Å²) in [5.74, 6) is -0.407. The molecule has 0 atom stereocenters. The topological polar surface area (TPSA) is 112 Å². The van der Waals surface area contributed by atoms with Gasteiger partial charge in [-0.3, -0.25) is 0 Å². The summed E-state index contributed by atoms with van der Waals surface area (Å²) >= 11 is 0. The summed E-state index contributed by atoms with van der Waals surface area (Å²) in [5, 5.41) is 33.7. The molecule has 5 rings (SSSR count). The van der Waals surface area contributed by atoms with Crippen LogP contribution in [-0.2, 0) is 6.54 Å². The second-order valence-corrected chi connectivity index (χ2v) is 8.45. The van der Waals surface area contributed by atoms with Crippen LogP contribution in [0.1, 0.15) is 16.7 Å². The van der Waals surface area contributed by atoms with Crippen LogP contribution < -0.4 is 4.90 Å². The van der Waals surface area contributed by atoms with E-state index in [9.17, 15) is 14.9 Å². The molecule has 0 aliphatic carbocycles. The highest BCUT2D eigenvalue weighted by Crippen LogP contribution is 2.45. The van der Waals surface area contributed by atoms with E-state index in [1.807, 2.05) is 30.3 Å². The predicted octanol–water partition coefficient (Wildman–Crippen LogP) is 4.19. The van der Waals surface area contributed by atoms with Crippen LogP contribution in [0.2, 0.25) is 0 Å². The molecule has 0 spiro atoms. The van der Waals surface area contributed by atoms with Gasteiger partial charge in [-0.25, -0.2) is 18.7 Å². The van der Waals surface area contributed by atoms with Gasteiger partial charge >= 0.3 is 0 Å². The monoisotopic (exact) mass is 489 g/mol. The van der Waals surface area contributed by atoms with Gasteiger partial charge in [0.25, 0.3) is 0 Å². The highest BCUT2D eigenvalue weighted by molar-refractivity contribution is 5.97. The number of hydrogen-bond donors (Lipinski definition) is 0. The Balaban J connectivity index is 1.86. The van der Waals surface area contributed by atoms with Crippen LogP contribution in [0.5, 0.6) is 0 Å². The summed E-state index contributed by atoms with van der Waals surface area (Å²) in [4.78, 5) is 5.80. The molecular weight excluding hydrogens is 469 g/mol. The molecule has 9 nitrogen and oxygen atoms in total. The number of rotatable bonds is 6. The first kappa shape index (κ1) is 23.4. The van der Waals surface area contributed by atoms with Gasteiger partial charge in [-0.2, -0.15) is 15.6 Å². The van der Waals surface area contributed by atoms with Crippen molar-refractivity contribution >= 4 is 5.69 Å². The molecule has 0 aliphatic heterocycles. The number of aromatic nitrogens is 6. The lowest BCUT2D eigenvalue weighted by atomic mass is 9.88. The largest absolute Gasteiger partial charge is 0.375 e. The van der Waals surface area contributed by atoms with Gasteiger partial charge in [0.2, 0.25) is 0 Å². The summed E-state index contributed by atoms with van der Waals surface area (Å²) in [5.41, 5.74) is 4.29. The predicted molar refractivity (Wildman–Crippen MR) is 135 cm³/mol. The summed E-state index contributed by atoms with van der Waals surface area (Å²) in [6.45, 7) is 0.482. The van der Waals surface area contributed by atoms with Gasteiger partial charge < -0.3 is 4.90 Å². The van der Waals surface area contributed by atoms with Crippen molar-refractivity contribution in [1.82, 2.24) is 29.8 Å². The highest BCUT2D eigenvalue weighted by Gasteiger charge is 2.30. The van der Waals surface area contributed by atoms with Crippen LogP contribution in [0.4, 0.5) is 10.1 Å². The second-order valence-electron chi connectivity index (χ2n) is 8.45. The van der Waals surface area contributed by atoms with Crippen molar-refractivity contribution in [2.45, 2.75) is 6.54 Å². The van der Waals surface area contributed by atoms with Gasteiger partial charge in [0.1, 0.15) is 36.3 Å². The molecule has 0 bridgehead atoms. The molecule has 180 valence electrons. The van der Waals surface area contributed by atoms with Crippen LogP contribution in [0, 0.1) is 28.5 Å². The zero-order valence-electron chi connectivity index (χ0n) is 20.0. The first-order chi connectivity index (χ1) is 18.0. The van der Waals surface area contributed by atoms with Gasteiger partial charge in [-0.05, 0) is 23.3 Å². The third kappa shape index (κ3) is 4.28. The Kier molecular flexibility index (Phi) is 6.15. The van der Waals surface area contributed by atoms with Crippen molar-refractivity contribution in [3.63, 3.8) is 0 Å². The van der Waals surface area contributed by atoms with Crippen LogP contribution in [0.25, 0.3) is 28.1 Å². The van der Waals surface area contributed by atoms with E-state index in [0.29, 0.717) is 40.3 Å². The van der Waals surface area contributed by atoms with E-state index in [-0.39, 0.29) is 11.1 Å². The van der Waals surface area contributed by atoms with E-state index in [4.69, 9.17) is 0 Å². The minimum atomic E-state index is -0.407. The normalized spacial score (nSPS) is 10.6. The summed E-state index contributed by atoms with van der Waals surface area (Å²) in [7, 11) is 3.52. The maximum absolute atomic E-state index is 13.8. The molecule has 5 aromatic rings. The Morgan fingerprint density at radius 1 is 0.946 bits per heavy atom. The van der Waals surface area contributed by atoms with Crippen molar-refractivity contribution in [3.05, 3.63) is 96.0 Å². The Bertz CT molecular complexity index is 1640. The van der Waals surface area contributed by atoms with E-state index in [1.165, 1.54) is 29.5 Å². The highest BCUT2D eigenvalue weighted by atomic mass is 19.1. The molecule has 2 aromatic heterocycles. The fourth-order valence-corrected chi connectivity index (χ4v) is 4.35. The maximum Gasteiger partial charge on any atom is 0.138 e. The first-order valence-electron chi connectivity index (χ1n) is 11.3. The van der Waals surface area contributed by atoms with Crippen LogP contribution in [0.3, 0.4) is 0 Å². The number of hydrogen-bond acceptors (Lipinski definition) is 7. The fourth-order valence-electron chi connectivity index (χ4n) is 4.35. The summed E-state index contributed by atoms with van der Waals surface area (Å²) in [6, 6.07) is 20.2. The molecule has 0 unspecified atom stereocenters. The van der Waals surface area contributed by atoms with Crippen LogP contribution in [-0.4, -0.2) is 43.9 Å². The average Bonchev–Trinajstić information content (AvgIpc) is 3.60. The Hall–Kier alpha value is -5.35. The number of nitrogens with zero attached hydrogens (tertiary/aromatic N) is 9. The Labute approximate surface area is 212 Å². The molecule has 0 fully saturated rings. The van der Waals surface area contributed by atoms with Crippen LogP contribution >= 0.6 is 0 Å². The van der Waals surface area contributed by atoms with Crippen molar-refractivity contribution in [3.8, 4) is 40.2 Å². The molecule has 10 heteroatoms. The molecule has 0 saturated heterocycles. The fraction of sp³-hybridized carbons (Fsp3) is 0.111. The van der Waals surface area contributed by atoms with E-state index in [1.54, 1.807) is 42.0 Å².